The first kappa shape index (κ1) is 14.0. The quantitative estimate of drug-likeness (QED) is 0.609. The zero-order valence-corrected chi connectivity index (χ0v) is 12.4. The maximum atomic E-state index is 5.94. The van der Waals surface area contributed by atoms with Crippen LogP contribution in [-0.2, 0) is 13.5 Å². The topological polar surface area (TPSA) is 72.0 Å². The van der Waals surface area contributed by atoms with E-state index in [0.717, 1.165) is 12.2 Å². The molecule has 1 atom stereocenters. The van der Waals surface area contributed by atoms with E-state index in [1.54, 1.807) is 6.33 Å². The molecule has 1 saturated heterocycles. The van der Waals surface area contributed by atoms with Crippen LogP contribution in [-0.4, -0.2) is 44.3 Å². The largest absolute Gasteiger partial charge is 0.296 e. The summed E-state index contributed by atoms with van der Waals surface area (Å²) in [5, 5.41) is 4.17. The number of hydrogen-bond donors (Lipinski definition) is 2. The highest BCUT2D eigenvalue weighted by Crippen LogP contribution is 2.40. The summed E-state index contributed by atoms with van der Waals surface area (Å²) in [4.78, 5) is 7.05. The van der Waals surface area contributed by atoms with Crippen LogP contribution in [0.4, 0.5) is 0 Å². The SMILES string of the molecule is Cn1ncnc1CC(NN)C1(N2CCCC2)CCCC1. The van der Waals surface area contributed by atoms with Gasteiger partial charge in [0, 0.05) is 25.0 Å². The van der Waals surface area contributed by atoms with E-state index >= 15 is 0 Å². The van der Waals surface area contributed by atoms with Crippen molar-refractivity contribution in [3.8, 4) is 0 Å². The van der Waals surface area contributed by atoms with Crippen molar-refractivity contribution in [1.29, 1.82) is 0 Å². The van der Waals surface area contributed by atoms with Gasteiger partial charge in [-0.3, -0.25) is 20.9 Å². The fourth-order valence-electron chi connectivity index (χ4n) is 4.13. The third kappa shape index (κ3) is 2.36. The lowest BCUT2D eigenvalue weighted by Crippen LogP contribution is -2.61. The minimum absolute atomic E-state index is 0.219. The van der Waals surface area contributed by atoms with Gasteiger partial charge in [-0.15, -0.1) is 0 Å². The standard InChI is InChI=1S/C14H26N6/c1-19-13(16-11-17-19)10-12(18-15)14(6-2-3-7-14)20-8-4-5-9-20/h11-12,18H,2-10,15H2,1H3. The van der Waals surface area contributed by atoms with E-state index in [-0.39, 0.29) is 11.6 Å². The first-order valence-corrected chi connectivity index (χ1v) is 7.80. The fourth-order valence-corrected chi connectivity index (χ4v) is 4.13. The Hall–Kier alpha value is -0.980. The molecule has 1 aliphatic heterocycles. The van der Waals surface area contributed by atoms with Gasteiger partial charge in [0.1, 0.15) is 12.2 Å². The van der Waals surface area contributed by atoms with Crippen LogP contribution < -0.4 is 11.3 Å². The zero-order chi connectivity index (χ0) is 14.0. The normalized spacial score (nSPS) is 24.3. The van der Waals surface area contributed by atoms with E-state index in [4.69, 9.17) is 5.84 Å². The van der Waals surface area contributed by atoms with Crippen LogP contribution in [0.3, 0.4) is 0 Å². The summed E-state index contributed by atoms with van der Waals surface area (Å²) in [6.07, 6.45) is 10.2. The summed E-state index contributed by atoms with van der Waals surface area (Å²) in [6.45, 7) is 2.44. The van der Waals surface area contributed by atoms with E-state index in [0.29, 0.717) is 0 Å². The Morgan fingerprint density at radius 1 is 1.30 bits per heavy atom. The van der Waals surface area contributed by atoms with Gasteiger partial charge in [0.2, 0.25) is 0 Å². The molecule has 0 aromatic carbocycles. The number of rotatable bonds is 5. The molecule has 1 saturated carbocycles. The summed E-state index contributed by atoms with van der Waals surface area (Å²) in [5.74, 6) is 6.95. The van der Waals surface area contributed by atoms with Gasteiger partial charge in [-0.2, -0.15) is 5.10 Å². The van der Waals surface area contributed by atoms with Crippen molar-refractivity contribution < 1.29 is 0 Å². The number of nitrogens with one attached hydrogen (secondary N) is 1. The summed E-state index contributed by atoms with van der Waals surface area (Å²) in [6, 6.07) is 0.256. The van der Waals surface area contributed by atoms with Crippen molar-refractivity contribution in [2.75, 3.05) is 13.1 Å². The molecule has 3 rings (SSSR count). The summed E-state index contributed by atoms with van der Waals surface area (Å²) < 4.78 is 1.86. The summed E-state index contributed by atoms with van der Waals surface area (Å²) >= 11 is 0. The molecule has 20 heavy (non-hydrogen) atoms. The van der Waals surface area contributed by atoms with Crippen molar-refractivity contribution >= 4 is 0 Å². The molecular formula is C14H26N6. The molecule has 0 amide bonds. The van der Waals surface area contributed by atoms with Crippen LogP contribution in [0.2, 0.25) is 0 Å². The van der Waals surface area contributed by atoms with Crippen molar-refractivity contribution in [1.82, 2.24) is 25.1 Å². The second-order valence-electron chi connectivity index (χ2n) is 6.23. The van der Waals surface area contributed by atoms with Gasteiger partial charge in [0.25, 0.3) is 0 Å². The summed E-state index contributed by atoms with van der Waals surface area (Å²) in [5.41, 5.74) is 3.32. The fraction of sp³-hybridized carbons (Fsp3) is 0.857. The smallest absolute Gasteiger partial charge is 0.138 e. The van der Waals surface area contributed by atoms with Gasteiger partial charge >= 0.3 is 0 Å². The lowest BCUT2D eigenvalue weighted by Gasteiger charge is -2.44. The molecule has 1 aromatic rings. The van der Waals surface area contributed by atoms with E-state index in [2.05, 4.69) is 20.4 Å². The Bertz CT molecular complexity index is 431. The van der Waals surface area contributed by atoms with E-state index in [1.807, 2.05) is 11.7 Å². The highest BCUT2D eigenvalue weighted by Gasteiger charge is 2.46. The van der Waals surface area contributed by atoms with Gasteiger partial charge in [0.05, 0.1) is 0 Å². The van der Waals surface area contributed by atoms with Gasteiger partial charge in [-0.1, -0.05) is 12.8 Å². The van der Waals surface area contributed by atoms with Gasteiger partial charge in [0.15, 0.2) is 0 Å². The number of hydrazine groups is 1. The van der Waals surface area contributed by atoms with Crippen LogP contribution in [0.5, 0.6) is 0 Å². The average Bonchev–Trinajstić information content (AvgIpc) is 3.18. The number of aromatic nitrogens is 3. The van der Waals surface area contributed by atoms with Crippen molar-refractivity contribution in [3.63, 3.8) is 0 Å². The Kier molecular flexibility index (Phi) is 4.05. The Balaban J connectivity index is 1.82. The number of nitrogens with two attached hydrogens (primary N) is 1. The number of aryl methyl sites for hydroxylation is 1. The average molecular weight is 278 g/mol. The van der Waals surface area contributed by atoms with Crippen LogP contribution >= 0.6 is 0 Å². The molecule has 3 N–H and O–H groups in total. The molecular weight excluding hydrogens is 252 g/mol. The van der Waals surface area contributed by atoms with Crippen LogP contribution in [0, 0.1) is 0 Å². The number of nitrogens with zero attached hydrogens (tertiary/aromatic N) is 4. The molecule has 112 valence electrons. The number of hydrogen-bond acceptors (Lipinski definition) is 5. The maximum Gasteiger partial charge on any atom is 0.138 e. The second-order valence-corrected chi connectivity index (χ2v) is 6.23. The predicted molar refractivity (Wildman–Crippen MR) is 77.8 cm³/mol. The van der Waals surface area contributed by atoms with Crippen molar-refractivity contribution in [2.24, 2.45) is 12.9 Å². The zero-order valence-electron chi connectivity index (χ0n) is 12.4. The Morgan fingerprint density at radius 2 is 2.00 bits per heavy atom. The third-order valence-corrected chi connectivity index (χ3v) is 5.25. The monoisotopic (exact) mass is 278 g/mol. The van der Waals surface area contributed by atoms with Crippen molar-refractivity contribution in [3.05, 3.63) is 12.2 Å². The van der Waals surface area contributed by atoms with Crippen LogP contribution in [0.1, 0.15) is 44.3 Å². The lowest BCUT2D eigenvalue weighted by molar-refractivity contribution is 0.0754. The van der Waals surface area contributed by atoms with Crippen molar-refractivity contribution in [2.45, 2.75) is 56.5 Å². The molecule has 1 aromatic heterocycles. The molecule has 6 nitrogen and oxygen atoms in total. The maximum absolute atomic E-state index is 5.94. The molecule has 2 aliphatic rings. The second kappa shape index (κ2) is 5.79. The molecule has 1 unspecified atom stereocenters. The molecule has 6 heteroatoms. The van der Waals surface area contributed by atoms with E-state index in [9.17, 15) is 0 Å². The van der Waals surface area contributed by atoms with Gasteiger partial charge in [-0.25, -0.2) is 4.98 Å². The molecule has 0 radical (unpaired) electrons. The molecule has 2 heterocycles. The minimum atomic E-state index is 0.219. The van der Waals surface area contributed by atoms with Crippen LogP contribution in [0.25, 0.3) is 0 Å². The highest BCUT2D eigenvalue weighted by molar-refractivity contribution is 5.07. The Morgan fingerprint density at radius 3 is 2.55 bits per heavy atom. The third-order valence-electron chi connectivity index (χ3n) is 5.25. The Labute approximate surface area is 120 Å². The van der Waals surface area contributed by atoms with Gasteiger partial charge < -0.3 is 0 Å². The minimum Gasteiger partial charge on any atom is -0.296 e. The lowest BCUT2D eigenvalue weighted by atomic mass is 9.84. The highest BCUT2D eigenvalue weighted by atomic mass is 15.3. The molecule has 0 bridgehead atoms. The van der Waals surface area contributed by atoms with Crippen LogP contribution in [0.15, 0.2) is 6.33 Å². The first-order valence-electron chi connectivity index (χ1n) is 7.80. The first-order chi connectivity index (χ1) is 9.76. The van der Waals surface area contributed by atoms with E-state index in [1.165, 1.54) is 51.6 Å². The molecule has 1 aliphatic carbocycles. The summed E-state index contributed by atoms with van der Waals surface area (Å²) in [7, 11) is 1.95. The van der Waals surface area contributed by atoms with Gasteiger partial charge in [-0.05, 0) is 38.8 Å². The van der Waals surface area contributed by atoms with E-state index < -0.39 is 0 Å². The molecule has 2 fully saturated rings. The number of likely N-dealkylation sites (tertiary alicyclic amines) is 1. The molecule has 0 spiro atoms. The predicted octanol–water partition coefficient (Wildman–Crippen LogP) is 0.598.